The zero-order valence-electron chi connectivity index (χ0n) is 7.60. The SMILES string of the molecule is CCCCO[PH](=O)C(F)(F)C(C)=O. The number of alkyl halides is 2. The van der Waals surface area contributed by atoms with Gasteiger partial charge in [-0.3, -0.25) is 9.36 Å². The maximum absolute atomic E-state index is 12.6. The molecule has 0 heterocycles. The molecule has 0 bridgehead atoms. The molecule has 0 fully saturated rings. The summed E-state index contributed by atoms with van der Waals surface area (Å²) in [5.74, 6) is -1.41. The van der Waals surface area contributed by atoms with Crippen LogP contribution in [0.25, 0.3) is 0 Å². The van der Waals surface area contributed by atoms with Crippen molar-refractivity contribution in [2.45, 2.75) is 32.4 Å². The van der Waals surface area contributed by atoms with Crippen molar-refractivity contribution in [1.29, 1.82) is 0 Å². The van der Waals surface area contributed by atoms with Crippen molar-refractivity contribution in [3.63, 3.8) is 0 Å². The molecule has 3 nitrogen and oxygen atoms in total. The van der Waals surface area contributed by atoms with Gasteiger partial charge in [0.1, 0.15) is 0 Å². The van der Waals surface area contributed by atoms with Gasteiger partial charge in [0.25, 0.3) is 8.03 Å². The van der Waals surface area contributed by atoms with Crippen molar-refractivity contribution < 1.29 is 22.7 Å². The highest BCUT2D eigenvalue weighted by atomic mass is 31.1. The second kappa shape index (κ2) is 5.45. The molecular weight excluding hydrogens is 201 g/mol. The fourth-order valence-electron chi connectivity index (χ4n) is 0.544. The van der Waals surface area contributed by atoms with Crippen LogP contribution in [0.1, 0.15) is 26.7 Å². The van der Waals surface area contributed by atoms with Crippen LogP contribution in [0.3, 0.4) is 0 Å². The molecule has 0 aliphatic heterocycles. The predicted molar refractivity (Wildman–Crippen MR) is 45.5 cm³/mol. The first-order chi connectivity index (χ1) is 5.92. The predicted octanol–water partition coefficient (Wildman–Crippen LogP) is 2.46. The third-order valence-electron chi connectivity index (χ3n) is 1.43. The van der Waals surface area contributed by atoms with E-state index in [0.717, 1.165) is 6.42 Å². The topological polar surface area (TPSA) is 43.4 Å². The third-order valence-corrected chi connectivity index (χ3v) is 2.76. The minimum atomic E-state index is -3.81. The summed E-state index contributed by atoms with van der Waals surface area (Å²) >= 11 is 0. The average Bonchev–Trinajstić information content (AvgIpc) is 2.04. The number of rotatable bonds is 6. The Bertz CT molecular complexity index is 206. The lowest BCUT2D eigenvalue weighted by atomic mass is 10.4. The Morgan fingerprint density at radius 3 is 2.46 bits per heavy atom. The van der Waals surface area contributed by atoms with Gasteiger partial charge in [-0.2, -0.15) is 8.78 Å². The monoisotopic (exact) mass is 214 g/mol. The summed E-state index contributed by atoms with van der Waals surface area (Å²) in [5, 5.41) is 0. The largest absolute Gasteiger partial charge is 0.375 e. The molecule has 0 aromatic rings. The molecule has 0 aromatic carbocycles. The van der Waals surface area contributed by atoms with E-state index in [1.807, 2.05) is 6.92 Å². The van der Waals surface area contributed by atoms with Crippen molar-refractivity contribution in [2.75, 3.05) is 6.61 Å². The van der Waals surface area contributed by atoms with E-state index >= 15 is 0 Å². The molecule has 0 amide bonds. The quantitative estimate of drug-likeness (QED) is 0.503. The Morgan fingerprint density at radius 1 is 1.54 bits per heavy atom. The highest BCUT2D eigenvalue weighted by Gasteiger charge is 2.43. The Morgan fingerprint density at radius 2 is 2.08 bits per heavy atom. The first kappa shape index (κ1) is 12.7. The van der Waals surface area contributed by atoms with E-state index < -0.39 is 19.5 Å². The number of halogens is 2. The molecule has 0 N–H and O–H groups in total. The molecule has 0 radical (unpaired) electrons. The van der Waals surface area contributed by atoms with E-state index in [9.17, 15) is 18.1 Å². The highest BCUT2D eigenvalue weighted by molar-refractivity contribution is 7.42. The van der Waals surface area contributed by atoms with Crippen LogP contribution in [0.5, 0.6) is 0 Å². The van der Waals surface area contributed by atoms with Crippen molar-refractivity contribution in [3.05, 3.63) is 0 Å². The van der Waals surface area contributed by atoms with Gasteiger partial charge in [0.15, 0.2) is 0 Å². The first-order valence-electron chi connectivity index (χ1n) is 3.99. The van der Waals surface area contributed by atoms with Crippen LogP contribution in [0.2, 0.25) is 0 Å². The molecule has 0 aliphatic carbocycles. The Labute approximate surface area is 76.3 Å². The van der Waals surface area contributed by atoms with E-state index in [4.69, 9.17) is 0 Å². The molecular formula is C7H13F2O3P. The maximum atomic E-state index is 12.6. The average molecular weight is 214 g/mol. The second-order valence-corrected chi connectivity index (χ2v) is 4.11. The molecule has 1 atom stereocenters. The molecule has 0 saturated heterocycles. The van der Waals surface area contributed by atoms with Crippen LogP contribution < -0.4 is 0 Å². The molecule has 1 unspecified atom stereocenters. The van der Waals surface area contributed by atoms with Crippen molar-refractivity contribution in [2.24, 2.45) is 0 Å². The van der Waals surface area contributed by atoms with Gasteiger partial charge in [-0.15, -0.1) is 0 Å². The smallest absolute Gasteiger partial charge is 0.326 e. The lowest BCUT2D eigenvalue weighted by molar-refractivity contribution is -0.131. The van der Waals surface area contributed by atoms with Crippen molar-refractivity contribution in [3.8, 4) is 0 Å². The minimum Gasteiger partial charge on any atom is -0.326 e. The fraction of sp³-hybridized carbons (Fsp3) is 0.857. The Balaban J connectivity index is 4.03. The van der Waals surface area contributed by atoms with Gasteiger partial charge in [-0.25, -0.2) is 0 Å². The summed E-state index contributed by atoms with van der Waals surface area (Å²) in [6, 6.07) is 0. The molecule has 0 spiro atoms. The molecule has 0 aliphatic rings. The van der Waals surface area contributed by atoms with Crippen molar-refractivity contribution in [1.82, 2.24) is 0 Å². The van der Waals surface area contributed by atoms with Gasteiger partial charge in [0, 0.05) is 6.92 Å². The Kier molecular flexibility index (Phi) is 5.33. The van der Waals surface area contributed by atoms with E-state index in [2.05, 4.69) is 4.52 Å². The van der Waals surface area contributed by atoms with Crippen LogP contribution in [0.4, 0.5) is 8.78 Å². The number of ketones is 1. The lowest BCUT2D eigenvalue weighted by Crippen LogP contribution is -2.21. The van der Waals surface area contributed by atoms with Crippen LogP contribution in [-0.2, 0) is 13.9 Å². The molecule has 6 heteroatoms. The lowest BCUT2D eigenvalue weighted by Gasteiger charge is -2.12. The van der Waals surface area contributed by atoms with Crippen LogP contribution in [-0.4, -0.2) is 18.1 Å². The zero-order chi connectivity index (χ0) is 10.5. The van der Waals surface area contributed by atoms with E-state index in [1.165, 1.54) is 0 Å². The summed E-state index contributed by atoms with van der Waals surface area (Å²) in [4.78, 5) is 10.3. The van der Waals surface area contributed by atoms with Crippen LogP contribution >= 0.6 is 8.03 Å². The highest BCUT2D eigenvalue weighted by Crippen LogP contribution is 2.43. The number of hydrogen-bond acceptors (Lipinski definition) is 3. The van der Waals surface area contributed by atoms with Crippen LogP contribution in [0.15, 0.2) is 0 Å². The summed E-state index contributed by atoms with van der Waals surface area (Å²) < 4.78 is 40.4. The van der Waals surface area contributed by atoms with Crippen molar-refractivity contribution >= 4 is 13.8 Å². The number of carbonyl (C=O) groups is 1. The van der Waals surface area contributed by atoms with Gasteiger partial charge < -0.3 is 4.52 Å². The van der Waals surface area contributed by atoms with Gasteiger partial charge in [0.2, 0.25) is 5.78 Å². The summed E-state index contributed by atoms with van der Waals surface area (Å²) in [6.07, 6.45) is 1.32. The van der Waals surface area contributed by atoms with Gasteiger partial charge in [0.05, 0.1) is 6.61 Å². The van der Waals surface area contributed by atoms with E-state index in [-0.39, 0.29) is 6.61 Å². The molecule has 0 aromatic heterocycles. The number of Topliss-reactive ketones (excluding diaryl/α,β-unsaturated/α-hetero) is 1. The normalized spacial score (nSPS) is 14.2. The maximum Gasteiger partial charge on any atom is 0.375 e. The van der Waals surface area contributed by atoms with Gasteiger partial charge >= 0.3 is 5.66 Å². The number of hydrogen-bond donors (Lipinski definition) is 0. The van der Waals surface area contributed by atoms with E-state index in [0.29, 0.717) is 13.3 Å². The van der Waals surface area contributed by atoms with E-state index in [1.54, 1.807) is 0 Å². The fourth-order valence-corrected chi connectivity index (χ4v) is 1.34. The summed E-state index contributed by atoms with van der Waals surface area (Å²) in [6.45, 7) is 2.56. The van der Waals surface area contributed by atoms with Gasteiger partial charge in [-0.05, 0) is 6.42 Å². The van der Waals surface area contributed by atoms with Crippen LogP contribution in [0, 0.1) is 0 Å². The van der Waals surface area contributed by atoms with Gasteiger partial charge in [-0.1, -0.05) is 13.3 Å². The first-order valence-corrected chi connectivity index (χ1v) is 5.30. The molecule has 78 valence electrons. The summed E-state index contributed by atoms with van der Waals surface area (Å²) in [5.41, 5.74) is -3.81. The molecule has 0 rings (SSSR count). The second-order valence-electron chi connectivity index (χ2n) is 2.62. The number of unbranched alkanes of at least 4 members (excludes halogenated alkanes) is 1. The standard InChI is InChI=1S/C7H13F2O3P/c1-3-4-5-12-13(11)7(8,9)6(2)10/h13H,3-5H2,1-2H3. The zero-order valence-corrected chi connectivity index (χ0v) is 8.60. The molecule has 0 saturated carbocycles. The third kappa shape index (κ3) is 3.96. The summed E-state index contributed by atoms with van der Waals surface area (Å²) in [7, 11) is -3.57. The number of carbonyl (C=O) groups excluding carboxylic acids is 1. The Hall–Kier alpha value is -0.280. The minimum absolute atomic E-state index is 0.0111. The molecule has 13 heavy (non-hydrogen) atoms.